The Hall–Kier alpha value is -1.89. The van der Waals surface area contributed by atoms with Crippen molar-refractivity contribution in [3.05, 3.63) is 56.2 Å². The van der Waals surface area contributed by atoms with E-state index in [2.05, 4.69) is 15.8 Å². The van der Waals surface area contributed by atoms with Crippen LogP contribution < -0.4 is 10.7 Å². The van der Waals surface area contributed by atoms with Crippen LogP contribution in [0.15, 0.2) is 40.8 Å². The number of halogens is 2. The van der Waals surface area contributed by atoms with Gasteiger partial charge >= 0.3 is 0 Å². The number of carbonyl (C=O) groups excluding carboxylic acids is 2. The van der Waals surface area contributed by atoms with Crippen molar-refractivity contribution < 1.29 is 9.59 Å². The largest absolute Gasteiger partial charge is 0.342 e. The number of rotatable bonds is 5. The molecular formula is C14H11Cl2N3O2S. The number of amides is 2. The molecule has 0 saturated heterocycles. The third-order valence-corrected chi connectivity index (χ3v) is 3.94. The van der Waals surface area contributed by atoms with E-state index in [1.54, 1.807) is 35.7 Å². The number of carbonyl (C=O) groups is 2. The average Bonchev–Trinajstić information content (AvgIpc) is 3.01. The van der Waals surface area contributed by atoms with Gasteiger partial charge in [-0.1, -0.05) is 35.3 Å². The lowest BCUT2D eigenvalue weighted by Crippen LogP contribution is -2.34. The van der Waals surface area contributed by atoms with E-state index >= 15 is 0 Å². The van der Waals surface area contributed by atoms with Crippen LogP contribution in [-0.2, 0) is 4.79 Å². The summed E-state index contributed by atoms with van der Waals surface area (Å²) in [5.41, 5.74) is 2.92. The molecule has 2 aromatic rings. The monoisotopic (exact) mass is 355 g/mol. The molecule has 1 aromatic carbocycles. The Kier molecular flexibility index (Phi) is 5.94. The number of hydrazone groups is 1. The second-order valence-corrected chi connectivity index (χ2v) is 5.91. The van der Waals surface area contributed by atoms with Crippen molar-refractivity contribution in [2.45, 2.75) is 0 Å². The van der Waals surface area contributed by atoms with Crippen molar-refractivity contribution in [3.63, 3.8) is 0 Å². The summed E-state index contributed by atoms with van der Waals surface area (Å²) in [6, 6.07) is 8.36. The molecule has 5 nitrogen and oxygen atoms in total. The number of hydrogen-bond donors (Lipinski definition) is 2. The first-order valence-electron chi connectivity index (χ1n) is 6.15. The number of hydrogen-bond acceptors (Lipinski definition) is 4. The average molecular weight is 356 g/mol. The van der Waals surface area contributed by atoms with E-state index in [9.17, 15) is 9.59 Å². The van der Waals surface area contributed by atoms with E-state index < -0.39 is 5.91 Å². The van der Waals surface area contributed by atoms with E-state index in [1.165, 1.54) is 17.6 Å². The van der Waals surface area contributed by atoms with Gasteiger partial charge in [0.25, 0.3) is 11.8 Å². The molecule has 22 heavy (non-hydrogen) atoms. The minimum absolute atomic E-state index is 0.164. The predicted octanol–water partition coefficient (Wildman–Crippen LogP) is 2.94. The number of nitrogens with zero attached hydrogens (tertiary/aromatic N) is 1. The van der Waals surface area contributed by atoms with Gasteiger partial charge in [0.2, 0.25) is 0 Å². The third kappa shape index (κ3) is 4.84. The highest BCUT2D eigenvalue weighted by Crippen LogP contribution is 2.19. The zero-order chi connectivity index (χ0) is 15.9. The molecule has 1 heterocycles. The van der Waals surface area contributed by atoms with Gasteiger partial charge in [0, 0.05) is 10.6 Å². The van der Waals surface area contributed by atoms with Crippen LogP contribution >= 0.6 is 34.5 Å². The normalized spacial score (nSPS) is 10.6. The van der Waals surface area contributed by atoms with Crippen LogP contribution in [0.4, 0.5) is 0 Å². The Morgan fingerprint density at radius 1 is 1.27 bits per heavy atom. The highest BCUT2D eigenvalue weighted by atomic mass is 35.5. The molecule has 0 aliphatic rings. The van der Waals surface area contributed by atoms with Crippen molar-refractivity contribution in [2.24, 2.45) is 5.10 Å². The van der Waals surface area contributed by atoms with Crippen molar-refractivity contribution in [3.8, 4) is 0 Å². The lowest BCUT2D eigenvalue weighted by Gasteiger charge is -2.02. The maximum atomic E-state index is 11.6. The van der Waals surface area contributed by atoms with Gasteiger partial charge in [-0.25, -0.2) is 5.43 Å². The van der Waals surface area contributed by atoms with Gasteiger partial charge in [-0.3, -0.25) is 9.59 Å². The summed E-state index contributed by atoms with van der Waals surface area (Å²) in [7, 11) is 0. The SMILES string of the molecule is O=C(CNC(=O)c1cccs1)N/N=C\c1ccc(Cl)cc1Cl. The first-order chi connectivity index (χ1) is 10.6. The van der Waals surface area contributed by atoms with Gasteiger partial charge in [0.15, 0.2) is 0 Å². The lowest BCUT2D eigenvalue weighted by atomic mass is 10.2. The highest BCUT2D eigenvalue weighted by molar-refractivity contribution is 7.12. The van der Waals surface area contributed by atoms with E-state index in [0.29, 0.717) is 20.5 Å². The van der Waals surface area contributed by atoms with Crippen LogP contribution in [0.1, 0.15) is 15.2 Å². The summed E-state index contributed by atoms with van der Waals surface area (Å²) in [4.78, 5) is 23.7. The van der Waals surface area contributed by atoms with Crippen LogP contribution in [0.5, 0.6) is 0 Å². The Bertz CT molecular complexity index is 702. The van der Waals surface area contributed by atoms with Crippen LogP contribution in [0.2, 0.25) is 10.0 Å². The molecular weight excluding hydrogens is 345 g/mol. The van der Waals surface area contributed by atoms with Gasteiger partial charge in [-0.2, -0.15) is 5.10 Å². The molecule has 0 atom stereocenters. The third-order valence-electron chi connectivity index (χ3n) is 2.51. The van der Waals surface area contributed by atoms with Crippen molar-refractivity contribution in [2.75, 3.05) is 6.54 Å². The fourth-order valence-corrected chi connectivity index (χ4v) is 2.57. The summed E-state index contributed by atoms with van der Waals surface area (Å²) in [5.74, 6) is -0.735. The quantitative estimate of drug-likeness (QED) is 0.639. The molecule has 0 aliphatic carbocycles. The predicted molar refractivity (Wildman–Crippen MR) is 88.9 cm³/mol. The molecule has 0 spiro atoms. The van der Waals surface area contributed by atoms with Crippen molar-refractivity contribution in [1.82, 2.24) is 10.7 Å². The minimum atomic E-state index is -0.439. The minimum Gasteiger partial charge on any atom is -0.342 e. The summed E-state index contributed by atoms with van der Waals surface area (Å²) in [5, 5.41) is 9.00. The standard InChI is InChI=1S/C14H11Cl2N3O2S/c15-10-4-3-9(11(16)6-10)7-18-19-13(20)8-17-14(21)12-2-1-5-22-12/h1-7H,8H2,(H,17,21)(H,19,20)/b18-7-. The van der Waals surface area contributed by atoms with Gasteiger partial charge < -0.3 is 5.32 Å². The molecule has 0 aliphatic heterocycles. The van der Waals surface area contributed by atoms with Gasteiger partial charge in [-0.15, -0.1) is 11.3 Å². The van der Waals surface area contributed by atoms with Crippen molar-refractivity contribution in [1.29, 1.82) is 0 Å². The Morgan fingerprint density at radius 3 is 2.77 bits per heavy atom. The fourth-order valence-electron chi connectivity index (χ4n) is 1.47. The van der Waals surface area contributed by atoms with Crippen LogP contribution in [0.25, 0.3) is 0 Å². The molecule has 2 N–H and O–H groups in total. The zero-order valence-electron chi connectivity index (χ0n) is 11.2. The molecule has 0 bridgehead atoms. The van der Waals surface area contributed by atoms with E-state index in [-0.39, 0.29) is 12.5 Å². The molecule has 0 radical (unpaired) electrons. The Balaban J connectivity index is 1.80. The molecule has 2 amide bonds. The molecule has 0 saturated carbocycles. The van der Waals surface area contributed by atoms with Gasteiger partial charge in [0.05, 0.1) is 22.7 Å². The first-order valence-corrected chi connectivity index (χ1v) is 7.78. The molecule has 0 unspecified atom stereocenters. The van der Waals surface area contributed by atoms with Crippen molar-refractivity contribution >= 4 is 52.6 Å². The lowest BCUT2D eigenvalue weighted by molar-refractivity contribution is -0.120. The second-order valence-electron chi connectivity index (χ2n) is 4.12. The van der Waals surface area contributed by atoms with E-state index in [1.807, 2.05) is 0 Å². The highest BCUT2D eigenvalue weighted by Gasteiger charge is 2.07. The van der Waals surface area contributed by atoms with Gasteiger partial charge in [0.1, 0.15) is 0 Å². The number of benzene rings is 1. The number of thiophene rings is 1. The second kappa shape index (κ2) is 7.93. The van der Waals surface area contributed by atoms with Crippen LogP contribution in [0, 0.1) is 0 Å². The summed E-state index contributed by atoms with van der Waals surface area (Å²) in [6.45, 7) is -0.164. The molecule has 2 rings (SSSR count). The number of nitrogens with one attached hydrogen (secondary N) is 2. The van der Waals surface area contributed by atoms with Crippen LogP contribution in [0.3, 0.4) is 0 Å². The van der Waals surface area contributed by atoms with E-state index in [0.717, 1.165) is 0 Å². The zero-order valence-corrected chi connectivity index (χ0v) is 13.5. The Labute approximate surface area is 140 Å². The maximum absolute atomic E-state index is 11.6. The molecule has 1 aromatic heterocycles. The summed E-state index contributed by atoms with van der Waals surface area (Å²) in [6.07, 6.45) is 1.40. The van der Waals surface area contributed by atoms with Gasteiger partial charge in [-0.05, 0) is 23.6 Å². The maximum Gasteiger partial charge on any atom is 0.261 e. The summed E-state index contributed by atoms with van der Waals surface area (Å²) >= 11 is 13.0. The molecule has 0 fully saturated rings. The summed E-state index contributed by atoms with van der Waals surface area (Å²) < 4.78 is 0. The van der Waals surface area contributed by atoms with Crippen LogP contribution in [-0.4, -0.2) is 24.6 Å². The van der Waals surface area contributed by atoms with E-state index in [4.69, 9.17) is 23.2 Å². The molecule has 8 heteroatoms. The molecule has 114 valence electrons. The fraction of sp³-hybridized carbons (Fsp3) is 0.0714. The first kappa shape index (κ1) is 16.5. The smallest absolute Gasteiger partial charge is 0.261 e. The topological polar surface area (TPSA) is 70.6 Å². The Morgan fingerprint density at radius 2 is 2.09 bits per heavy atom.